The van der Waals surface area contributed by atoms with Crippen LogP contribution in [0.25, 0.3) is 5.70 Å². The maximum absolute atomic E-state index is 13.0. The summed E-state index contributed by atoms with van der Waals surface area (Å²) in [5, 5.41) is 0. The van der Waals surface area contributed by atoms with Gasteiger partial charge < -0.3 is 4.74 Å². The Kier molecular flexibility index (Phi) is 4.40. The number of pyridine rings is 1. The van der Waals surface area contributed by atoms with E-state index >= 15 is 0 Å². The topological polar surface area (TPSA) is 59.5 Å². The molecular formula is C21H22N2O3. The van der Waals surface area contributed by atoms with E-state index in [9.17, 15) is 9.59 Å². The molecular weight excluding hydrogens is 328 g/mol. The van der Waals surface area contributed by atoms with E-state index in [-0.39, 0.29) is 5.91 Å². The number of carbonyl (C=O) groups excluding carboxylic acids is 2. The first-order chi connectivity index (χ1) is 12.2. The van der Waals surface area contributed by atoms with E-state index in [1.165, 1.54) is 11.0 Å². The van der Waals surface area contributed by atoms with Crippen molar-refractivity contribution in [3.63, 3.8) is 0 Å². The van der Waals surface area contributed by atoms with Gasteiger partial charge in [-0.2, -0.15) is 0 Å². The second-order valence-corrected chi connectivity index (χ2v) is 7.41. The molecule has 2 aromatic rings. The highest BCUT2D eigenvalue weighted by Crippen LogP contribution is 2.37. The smallest absolute Gasteiger partial charge is 0.333 e. The van der Waals surface area contributed by atoms with Gasteiger partial charge in [0.05, 0.1) is 11.3 Å². The van der Waals surface area contributed by atoms with Crippen LogP contribution in [0.5, 0.6) is 0 Å². The van der Waals surface area contributed by atoms with Gasteiger partial charge in [0.15, 0.2) is 0 Å². The van der Waals surface area contributed by atoms with Crippen LogP contribution in [0.4, 0.5) is 5.69 Å². The van der Waals surface area contributed by atoms with E-state index < -0.39 is 11.6 Å². The Morgan fingerprint density at radius 3 is 2.38 bits per heavy atom. The van der Waals surface area contributed by atoms with Crippen LogP contribution in [0.15, 0.2) is 42.6 Å². The summed E-state index contributed by atoms with van der Waals surface area (Å²) in [5.41, 5.74) is 3.58. The molecule has 1 aliphatic heterocycles. The molecule has 0 saturated heterocycles. The number of amides is 1. The van der Waals surface area contributed by atoms with E-state index in [1.54, 1.807) is 33.0 Å². The van der Waals surface area contributed by atoms with E-state index in [0.29, 0.717) is 22.5 Å². The second kappa shape index (κ2) is 6.41. The third kappa shape index (κ3) is 3.52. The lowest BCUT2D eigenvalue weighted by atomic mass is 10.1. The predicted octanol–water partition coefficient (Wildman–Crippen LogP) is 4.04. The predicted molar refractivity (Wildman–Crippen MR) is 101 cm³/mol. The van der Waals surface area contributed by atoms with Crippen LogP contribution in [0.3, 0.4) is 0 Å². The molecule has 0 aliphatic carbocycles. The van der Waals surface area contributed by atoms with Crippen molar-refractivity contribution >= 4 is 23.3 Å². The van der Waals surface area contributed by atoms with Crippen molar-refractivity contribution in [3.05, 3.63) is 65.0 Å². The number of esters is 1. The zero-order chi connectivity index (χ0) is 19.1. The molecule has 1 aromatic carbocycles. The summed E-state index contributed by atoms with van der Waals surface area (Å²) in [4.78, 5) is 31.2. The molecule has 1 aromatic heterocycles. The summed E-state index contributed by atoms with van der Waals surface area (Å²) in [7, 11) is 0. The van der Waals surface area contributed by atoms with Crippen molar-refractivity contribution in [2.24, 2.45) is 0 Å². The lowest BCUT2D eigenvalue weighted by Crippen LogP contribution is -2.25. The van der Waals surface area contributed by atoms with Gasteiger partial charge >= 0.3 is 5.97 Å². The van der Waals surface area contributed by atoms with Crippen LogP contribution in [-0.2, 0) is 9.53 Å². The van der Waals surface area contributed by atoms with Crippen LogP contribution in [0.2, 0.25) is 0 Å². The minimum atomic E-state index is -0.611. The average molecular weight is 350 g/mol. The van der Waals surface area contributed by atoms with Gasteiger partial charge in [-0.05, 0) is 52.8 Å². The highest BCUT2D eigenvalue weighted by molar-refractivity contribution is 6.23. The van der Waals surface area contributed by atoms with Gasteiger partial charge in [-0.1, -0.05) is 17.7 Å². The number of aryl methyl sites for hydroxylation is 2. The van der Waals surface area contributed by atoms with Crippen molar-refractivity contribution in [1.29, 1.82) is 0 Å². The Hall–Kier alpha value is -2.95. The first kappa shape index (κ1) is 17.9. The van der Waals surface area contributed by atoms with Crippen molar-refractivity contribution < 1.29 is 14.3 Å². The van der Waals surface area contributed by atoms with Crippen molar-refractivity contribution in [2.45, 2.75) is 40.2 Å². The molecule has 5 nitrogen and oxygen atoms in total. The number of rotatable bonds is 2. The zero-order valence-electron chi connectivity index (χ0n) is 15.7. The highest BCUT2D eigenvalue weighted by Gasteiger charge is 2.35. The number of aromatic nitrogens is 1. The molecule has 1 aliphatic rings. The molecule has 134 valence electrons. The number of hydrogen-bond donors (Lipinski definition) is 0. The minimum Gasteiger partial charge on any atom is -0.457 e. The van der Waals surface area contributed by atoms with Crippen LogP contribution >= 0.6 is 0 Å². The molecule has 0 radical (unpaired) electrons. The fraction of sp³-hybridized carbons (Fsp3) is 0.286. The fourth-order valence-corrected chi connectivity index (χ4v) is 2.83. The summed E-state index contributed by atoms with van der Waals surface area (Å²) in [6.45, 7) is 9.23. The molecule has 0 N–H and O–H groups in total. The average Bonchev–Trinajstić information content (AvgIpc) is 2.79. The molecule has 0 unspecified atom stereocenters. The zero-order valence-corrected chi connectivity index (χ0v) is 15.7. The number of carbonyl (C=O) groups is 2. The van der Waals surface area contributed by atoms with Crippen LogP contribution in [-0.4, -0.2) is 22.5 Å². The lowest BCUT2D eigenvalue weighted by molar-refractivity contribution is -0.148. The number of ether oxygens (including phenoxy) is 1. The van der Waals surface area contributed by atoms with Gasteiger partial charge in [-0.3, -0.25) is 14.7 Å². The molecule has 0 bridgehead atoms. The summed E-state index contributed by atoms with van der Waals surface area (Å²) in [6, 6.07) is 9.33. The SMILES string of the molecule is Cc1ccc(N2C(=O)c3cc(C)ncc3/C2=C\C(=O)OC(C)(C)C)cc1. The van der Waals surface area contributed by atoms with Crippen LogP contribution < -0.4 is 4.90 Å². The Morgan fingerprint density at radius 2 is 1.77 bits per heavy atom. The number of fused-ring (bicyclic) bond motifs is 1. The van der Waals surface area contributed by atoms with Gasteiger partial charge in [0, 0.05) is 29.2 Å². The van der Waals surface area contributed by atoms with Gasteiger partial charge in [0.2, 0.25) is 0 Å². The first-order valence-electron chi connectivity index (χ1n) is 8.48. The van der Waals surface area contributed by atoms with Gasteiger partial charge in [-0.25, -0.2) is 4.79 Å². The van der Waals surface area contributed by atoms with Crippen LogP contribution in [0, 0.1) is 13.8 Å². The van der Waals surface area contributed by atoms with Gasteiger partial charge in [0.25, 0.3) is 5.91 Å². The van der Waals surface area contributed by atoms with E-state index in [0.717, 1.165) is 11.3 Å². The lowest BCUT2D eigenvalue weighted by Gasteiger charge is -2.21. The number of benzene rings is 1. The normalized spacial score (nSPS) is 15.3. The van der Waals surface area contributed by atoms with Gasteiger partial charge in [0.1, 0.15) is 5.60 Å². The maximum atomic E-state index is 13.0. The number of nitrogens with zero attached hydrogens (tertiary/aromatic N) is 2. The van der Waals surface area contributed by atoms with E-state index in [1.807, 2.05) is 38.1 Å². The molecule has 0 spiro atoms. The Morgan fingerprint density at radius 1 is 1.12 bits per heavy atom. The summed E-state index contributed by atoms with van der Waals surface area (Å²) >= 11 is 0. The minimum absolute atomic E-state index is 0.177. The molecule has 0 saturated carbocycles. The van der Waals surface area contributed by atoms with E-state index in [2.05, 4.69) is 4.98 Å². The maximum Gasteiger partial charge on any atom is 0.333 e. The van der Waals surface area contributed by atoms with Crippen molar-refractivity contribution in [1.82, 2.24) is 4.98 Å². The van der Waals surface area contributed by atoms with Gasteiger partial charge in [-0.15, -0.1) is 0 Å². The Bertz CT molecular complexity index is 906. The third-order valence-electron chi connectivity index (χ3n) is 3.94. The molecule has 1 amide bonds. The van der Waals surface area contributed by atoms with Crippen molar-refractivity contribution in [2.75, 3.05) is 4.90 Å². The highest BCUT2D eigenvalue weighted by atomic mass is 16.6. The molecule has 3 rings (SSSR count). The monoisotopic (exact) mass is 350 g/mol. The largest absolute Gasteiger partial charge is 0.457 e. The Labute approximate surface area is 153 Å². The summed E-state index contributed by atoms with van der Waals surface area (Å²) < 4.78 is 5.40. The van der Waals surface area contributed by atoms with E-state index in [4.69, 9.17) is 4.74 Å². The molecule has 0 fully saturated rings. The quantitative estimate of drug-likeness (QED) is 0.606. The first-order valence-corrected chi connectivity index (χ1v) is 8.48. The third-order valence-corrected chi connectivity index (χ3v) is 3.94. The summed E-state index contributed by atoms with van der Waals surface area (Å²) in [6.07, 6.45) is 3.00. The molecule has 0 atom stereocenters. The second-order valence-electron chi connectivity index (χ2n) is 7.41. The standard InChI is InChI=1S/C21H22N2O3/c1-13-6-8-15(9-7-13)23-18(11-19(24)26-21(3,4)5)17-12-22-14(2)10-16(17)20(23)25/h6-12H,1-5H3/b18-11+. The molecule has 5 heteroatoms. The number of hydrogen-bond acceptors (Lipinski definition) is 4. The van der Waals surface area contributed by atoms with Crippen molar-refractivity contribution in [3.8, 4) is 0 Å². The van der Waals surface area contributed by atoms with Crippen LogP contribution in [0.1, 0.15) is 48.0 Å². The number of anilines is 1. The molecule has 26 heavy (non-hydrogen) atoms. The molecule has 2 heterocycles. The Balaban J connectivity index is 2.11. The fourth-order valence-electron chi connectivity index (χ4n) is 2.83. The summed E-state index contributed by atoms with van der Waals surface area (Å²) in [5.74, 6) is -0.671.